The number of likely N-dealkylation sites (tertiary alicyclic amines) is 1. The highest BCUT2D eigenvalue weighted by molar-refractivity contribution is 7.81. The first-order valence-electron chi connectivity index (χ1n) is 9.30. The summed E-state index contributed by atoms with van der Waals surface area (Å²) in [6, 6.07) is 6.10. The van der Waals surface area contributed by atoms with Gasteiger partial charge in [0, 0.05) is 42.2 Å². The number of ketones is 1. The lowest BCUT2D eigenvalue weighted by Gasteiger charge is -2.37. The number of rotatable bonds is 5. The molecule has 1 aromatic heterocycles. The summed E-state index contributed by atoms with van der Waals surface area (Å²) in [5, 5.41) is 0.0977. The molecule has 0 bridgehead atoms. The lowest BCUT2D eigenvalue weighted by Crippen LogP contribution is -2.42. The Kier molecular flexibility index (Phi) is 5.36. The number of benzene rings is 1. The molecule has 0 amide bonds. The molecule has 0 N–H and O–H groups in total. The summed E-state index contributed by atoms with van der Waals surface area (Å²) in [6.45, 7) is 1.28. The molecule has 2 heterocycles. The van der Waals surface area contributed by atoms with Crippen molar-refractivity contribution in [2.24, 2.45) is 5.92 Å². The highest BCUT2D eigenvalue weighted by atomic mass is 32.1. The lowest BCUT2D eigenvalue weighted by atomic mass is 9.93. The molecule has 0 radical (unpaired) electrons. The van der Waals surface area contributed by atoms with Crippen LogP contribution in [0.25, 0.3) is 6.08 Å². The van der Waals surface area contributed by atoms with Gasteiger partial charge in [0.25, 0.3) is 0 Å². The van der Waals surface area contributed by atoms with Crippen molar-refractivity contribution in [3.8, 4) is 0 Å². The van der Waals surface area contributed by atoms with E-state index in [4.69, 9.17) is 12.6 Å². The van der Waals surface area contributed by atoms with Crippen LogP contribution in [0.15, 0.2) is 48.4 Å². The van der Waals surface area contributed by atoms with Crippen LogP contribution in [0, 0.1) is 11.7 Å². The molecule has 1 saturated heterocycles. The van der Waals surface area contributed by atoms with Gasteiger partial charge in [-0.05, 0) is 37.0 Å². The van der Waals surface area contributed by atoms with Gasteiger partial charge < -0.3 is 0 Å². The number of piperidine rings is 1. The summed E-state index contributed by atoms with van der Waals surface area (Å²) in [5.41, 5.74) is 2.32. The molecule has 2 aromatic rings. The summed E-state index contributed by atoms with van der Waals surface area (Å²) in [5.74, 6) is -0.115. The maximum absolute atomic E-state index is 14.5. The molecule has 2 aliphatic rings. The second kappa shape index (κ2) is 7.90. The van der Waals surface area contributed by atoms with Crippen LogP contribution in [0.1, 0.15) is 36.6 Å². The number of hydrogen-bond donors (Lipinski definition) is 1. The van der Waals surface area contributed by atoms with Crippen LogP contribution in [0.3, 0.4) is 0 Å². The third-order valence-electron chi connectivity index (χ3n) is 5.23. The largest absolute Gasteiger partial charge is 0.297 e. The Bertz CT molecular complexity index is 854. The van der Waals surface area contributed by atoms with Crippen LogP contribution in [-0.4, -0.2) is 39.0 Å². The van der Waals surface area contributed by atoms with E-state index in [-0.39, 0.29) is 22.8 Å². The Morgan fingerprint density at radius 1 is 1.26 bits per heavy atom. The van der Waals surface area contributed by atoms with E-state index in [0.717, 1.165) is 30.5 Å². The van der Waals surface area contributed by atoms with Crippen molar-refractivity contribution in [3.63, 3.8) is 0 Å². The van der Waals surface area contributed by atoms with E-state index in [1.54, 1.807) is 36.8 Å². The fourth-order valence-electron chi connectivity index (χ4n) is 3.65. The summed E-state index contributed by atoms with van der Waals surface area (Å²) >= 11 is 4.71. The smallest absolute Gasteiger partial charge is 0.157 e. The number of nitrogens with zero attached hydrogens (tertiary/aromatic N) is 3. The van der Waals surface area contributed by atoms with Crippen molar-refractivity contribution in [1.82, 2.24) is 14.9 Å². The maximum Gasteiger partial charge on any atom is 0.157 e. The van der Waals surface area contributed by atoms with Crippen molar-refractivity contribution in [1.29, 1.82) is 0 Å². The van der Waals surface area contributed by atoms with E-state index in [2.05, 4.69) is 14.9 Å². The van der Waals surface area contributed by atoms with E-state index in [1.165, 1.54) is 6.07 Å². The van der Waals surface area contributed by atoms with Gasteiger partial charge in [0.1, 0.15) is 5.82 Å². The van der Waals surface area contributed by atoms with Crippen molar-refractivity contribution in [3.05, 3.63) is 65.5 Å². The fourth-order valence-corrected chi connectivity index (χ4v) is 3.92. The van der Waals surface area contributed by atoms with Crippen LogP contribution in [0.4, 0.5) is 4.39 Å². The monoisotopic (exact) mass is 383 g/mol. The van der Waals surface area contributed by atoms with Gasteiger partial charge in [-0.3, -0.25) is 19.7 Å². The number of carbonyl (C=O) groups is 1. The molecule has 1 aliphatic heterocycles. The Morgan fingerprint density at radius 3 is 2.78 bits per heavy atom. The van der Waals surface area contributed by atoms with Crippen LogP contribution in [0.2, 0.25) is 0 Å². The van der Waals surface area contributed by atoms with Crippen LogP contribution in [-0.2, 0) is 4.79 Å². The first-order valence-corrected chi connectivity index (χ1v) is 9.82. The molecule has 27 heavy (non-hydrogen) atoms. The number of thiol groups is 1. The van der Waals surface area contributed by atoms with Crippen LogP contribution in [0.5, 0.6) is 0 Å². The second-order valence-electron chi connectivity index (χ2n) is 7.23. The third-order valence-corrected chi connectivity index (χ3v) is 5.82. The van der Waals surface area contributed by atoms with E-state index >= 15 is 0 Å². The van der Waals surface area contributed by atoms with Gasteiger partial charge in [0.05, 0.1) is 17.9 Å². The first kappa shape index (κ1) is 18.3. The standard InChI is InChI=1S/C21H22FN3OS/c22-18-4-2-1-3-17(18)20(21(26)14-5-6-14)25-10-7-19(27)15(13-25)11-16-12-23-8-9-24-16/h1-4,8-9,11-12,14,19-20,27H,5-7,10,13H2. The molecule has 2 fully saturated rings. The molecule has 1 aromatic carbocycles. The van der Waals surface area contributed by atoms with Crippen molar-refractivity contribution < 1.29 is 9.18 Å². The van der Waals surface area contributed by atoms with Gasteiger partial charge >= 0.3 is 0 Å². The molecule has 140 valence electrons. The van der Waals surface area contributed by atoms with Crippen LogP contribution >= 0.6 is 12.6 Å². The molecule has 1 aliphatic carbocycles. The number of aromatic nitrogens is 2. The Hall–Kier alpha value is -2.05. The maximum atomic E-state index is 14.5. The summed E-state index contributed by atoms with van der Waals surface area (Å²) in [6.07, 6.45) is 9.60. The molecule has 2 unspecified atom stereocenters. The zero-order chi connectivity index (χ0) is 18.8. The SMILES string of the molecule is O=C(C1CC1)C(c1ccccc1F)N1CCC(S)C(=Cc2cnccn2)C1. The Labute approximate surface area is 163 Å². The molecule has 4 nitrogen and oxygen atoms in total. The predicted octanol–water partition coefficient (Wildman–Crippen LogP) is 3.72. The number of halogens is 1. The molecule has 4 rings (SSSR count). The van der Waals surface area contributed by atoms with Crippen molar-refractivity contribution >= 4 is 24.5 Å². The predicted molar refractivity (Wildman–Crippen MR) is 106 cm³/mol. The number of Topliss-reactive ketones (excluding diaryl/α,β-unsaturated/α-hetero) is 1. The average molecular weight is 383 g/mol. The molecular weight excluding hydrogens is 361 g/mol. The molecular formula is C21H22FN3OS. The zero-order valence-corrected chi connectivity index (χ0v) is 15.9. The Balaban J connectivity index is 1.65. The topological polar surface area (TPSA) is 46.1 Å². The quantitative estimate of drug-likeness (QED) is 0.800. The van der Waals surface area contributed by atoms with Gasteiger partial charge in [-0.2, -0.15) is 12.6 Å². The molecule has 0 spiro atoms. The normalized spacial score (nSPS) is 23.3. The van der Waals surface area contributed by atoms with Gasteiger partial charge in [-0.25, -0.2) is 4.39 Å². The molecule has 2 atom stereocenters. The third kappa shape index (κ3) is 4.12. The number of carbonyl (C=O) groups excluding carboxylic acids is 1. The van der Waals surface area contributed by atoms with Gasteiger partial charge in [-0.1, -0.05) is 18.2 Å². The molecule has 6 heteroatoms. The highest BCUT2D eigenvalue weighted by Crippen LogP contribution is 2.39. The summed E-state index contributed by atoms with van der Waals surface area (Å²) in [7, 11) is 0. The van der Waals surface area contributed by atoms with E-state index in [9.17, 15) is 9.18 Å². The zero-order valence-electron chi connectivity index (χ0n) is 15.0. The summed E-state index contributed by atoms with van der Waals surface area (Å²) < 4.78 is 14.5. The van der Waals surface area contributed by atoms with Crippen molar-refractivity contribution in [2.75, 3.05) is 13.1 Å². The van der Waals surface area contributed by atoms with E-state index in [0.29, 0.717) is 18.7 Å². The van der Waals surface area contributed by atoms with Crippen molar-refractivity contribution in [2.45, 2.75) is 30.6 Å². The number of hydrogen-bond acceptors (Lipinski definition) is 5. The minimum atomic E-state index is -0.537. The first-order chi connectivity index (χ1) is 13.1. The minimum Gasteiger partial charge on any atom is -0.297 e. The minimum absolute atomic E-state index is 0.0655. The van der Waals surface area contributed by atoms with E-state index < -0.39 is 6.04 Å². The fraction of sp³-hybridized carbons (Fsp3) is 0.381. The summed E-state index contributed by atoms with van der Waals surface area (Å²) in [4.78, 5) is 23.5. The lowest BCUT2D eigenvalue weighted by molar-refractivity contribution is -0.126. The highest BCUT2D eigenvalue weighted by Gasteiger charge is 2.40. The van der Waals surface area contributed by atoms with Gasteiger partial charge in [0.2, 0.25) is 0 Å². The van der Waals surface area contributed by atoms with Gasteiger partial charge in [-0.15, -0.1) is 0 Å². The van der Waals surface area contributed by atoms with Gasteiger partial charge in [0.15, 0.2) is 5.78 Å². The Morgan fingerprint density at radius 2 is 2.07 bits per heavy atom. The average Bonchev–Trinajstić information content (AvgIpc) is 3.52. The second-order valence-corrected chi connectivity index (χ2v) is 7.85. The van der Waals surface area contributed by atoms with E-state index in [1.807, 2.05) is 6.08 Å². The van der Waals surface area contributed by atoms with Crippen LogP contribution < -0.4 is 0 Å². The molecule has 1 saturated carbocycles.